The van der Waals surface area contributed by atoms with E-state index in [0.717, 1.165) is 5.56 Å². The highest BCUT2D eigenvalue weighted by Gasteiger charge is 2.12. The van der Waals surface area contributed by atoms with Crippen LogP contribution >= 0.6 is 23.2 Å². The van der Waals surface area contributed by atoms with Crippen LogP contribution in [0.25, 0.3) is 0 Å². The zero-order valence-corrected chi connectivity index (χ0v) is 9.76. The molecule has 2 N–H and O–H groups in total. The van der Waals surface area contributed by atoms with Gasteiger partial charge in [0.15, 0.2) is 0 Å². The molecule has 4 heteroatoms. The number of hydrogen-bond donors (Lipinski definition) is 2. The number of rotatable bonds is 3. The molecule has 0 saturated carbocycles. The Morgan fingerprint density at radius 3 is 2.33 bits per heavy atom. The summed E-state index contributed by atoms with van der Waals surface area (Å²) in [5.41, 5.74) is 0.751. The van der Waals surface area contributed by atoms with E-state index in [4.69, 9.17) is 28.3 Å². The molecule has 1 rings (SSSR count). The van der Waals surface area contributed by atoms with Crippen molar-refractivity contribution in [3.05, 3.63) is 39.9 Å². The van der Waals surface area contributed by atoms with E-state index in [2.05, 4.69) is 0 Å². The van der Waals surface area contributed by atoms with Crippen LogP contribution in [-0.2, 0) is 0 Å². The molecule has 0 heterocycles. The SMILES string of the molecule is CC(C=CCO)c1c(Cl)cc(O)cc1Cl. The molecule has 1 unspecified atom stereocenters. The van der Waals surface area contributed by atoms with Crippen LogP contribution in [0, 0.1) is 0 Å². The number of phenols is 1. The van der Waals surface area contributed by atoms with Gasteiger partial charge < -0.3 is 10.2 Å². The Morgan fingerprint density at radius 2 is 1.87 bits per heavy atom. The van der Waals surface area contributed by atoms with Crippen LogP contribution in [0.15, 0.2) is 24.3 Å². The molecule has 15 heavy (non-hydrogen) atoms. The van der Waals surface area contributed by atoms with Crippen molar-refractivity contribution < 1.29 is 10.2 Å². The largest absolute Gasteiger partial charge is 0.508 e. The predicted molar refractivity (Wildman–Crippen MR) is 62.8 cm³/mol. The van der Waals surface area contributed by atoms with E-state index in [0.29, 0.717) is 10.0 Å². The third kappa shape index (κ3) is 3.13. The minimum Gasteiger partial charge on any atom is -0.508 e. The maximum Gasteiger partial charge on any atom is 0.118 e. The van der Waals surface area contributed by atoms with E-state index < -0.39 is 0 Å². The number of aliphatic hydroxyl groups excluding tert-OH is 1. The van der Waals surface area contributed by atoms with Gasteiger partial charge in [0.25, 0.3) is 0 Å². The fraction of sp³-hybridized carbons (Fsp3) is 0.273. The van der Waals surface area contributed by atoms with Gasteiger partial charge >= 0.3 is 0 Å². The topological polar surface area (TPSA) is 40.5 Å². The summed E-state index contributed by atoms with van der Waals surface area (Å²) >= 11 is 11.9. The molecule has 0 bridgehead atoms. The molecule has 1 atom stereocenters. The molecule has 0 aliphatic heterocycles. The van der Waals surface area contributed by atoms with Crippen molar-refractivity contribution in [1.29, 1.82) is 0 Å². The third-order valence-corrected chi connectivity index (χ3v) is 2.67. The van der Waals surface area contributed by atoms with Gasteiger partial charge in [0.1, 0.15) is 5.75 Å². The van der Waals surface area contributed by atoms with Gasteiger partial charge in [0.05, 0.1) is 6.61 Å². The lowest BCUT2D eigenvalue weighted by Gasteiger charge is -2.12. The maximum atomic E-state index is 9.25. The Balaban J connectivity index is 3.08. The van der Waals surface area contributed by atoms with Crippen LogP contribution in [0.1, 0.15) is 18.4 Å². The first-order valence-electron chi connectivity index (χ1n) is 4.51. The van der Waals surface area contributed by atoms with Gasteiger partial charge in [0, 0.05) is 16.0 Å². The molecule has 0 radical (unpaired) electrons. The van der Waals surface area contributed by atoms with Crippen molar-refractivity contribution >= 4 is 23.2 Å². The fourth-order valence-corrected chi connectivity index (χ4v) is 2.19. The highest BCUT2D eigenvalue weighted by atomic mass is 35.5. The molecular formula is C11H12Cl2O2. The lowest BCUT2D eigenvalue weighted by atomic mass is 10.0. The molecule has 0 saturated heterocycles. The normalized spacial score (nSPS) is 13.3. The minimum absolute atomic E-state index is 0.00208. The Hall–Kier alpha value is -0.700. The highest BCUT2D eigenvalue weighted by Crippen LogP contribution is 2.35. The number of phenolic OH excluding ortho intramolecular Hbond substituents is 1. The zero-order valence-electron chi connectivity index (χ0n) is 8.24. The lowest BCUT2D eigenvalue weighted by Crippen LogP contribution is -1.93. The second kappa shape index (κ2) is 5.40. The molecule has 0 aliphatic rings. The molecule has 0 aromatic heterocycles. The zero-order chi connectivity index (χ0) is 11.4. The monoisotopic (exact) mass is 246 g/mol. The van der Waals surface area contributed by atoms with Gasteiger partial charge in [-0.2, -0.15) is 0 Å². The van der Waals surface area contributed by atoms with Crippen molar-refractivity contribution in [3.8, 4) is 5.75 Å². The number of allylic oxidation sites excluding steroid dienone is 1. The number of halogens is 2. The molecule has 0 fully saturated rings. The Morgan fingerprint density at radius 1 is 1.33 bits per heavy atom. The van der Waals surface area contributed by atoms with Crippen LogP contribution in [-0.4, -0.2) is 16.8 Å². The van der Waals surface area contributed by atoms with Crippen LogP contribution in [0.3, 0.4) is 0 Å². The second-order valence-electron chi connectivity index (χ2n) is 3.22. The molecular weight excluding hydrogens is 235 g/mol. The molecule has 1 aromatic carbocycles. The minimum atomic E-state index is -0.0162. The summed E-state index contributed by atoms with van der Waals surface area (Å²) in [5.74, 6) is 0.0461. The maximum absolute atomic E-state index is 9.25. The second-order valence-corrected chi connectivity index (χ2v) is 4.04. The van der Waals surface area contributed by atoms with Gasteiger partial charge in [-0.25, -0.2) is 0 Å². The Bertz CT molecular complexity index is 352. The van der Waals surface area contributed by atoms with E-state index in [1.54, 1.807) is 6.08 Å². The fourth-order valence-electron chi connectivity index (χ4n) is 1.37. The molecule has 0 aliphatic carbocycles. The van der Waals surface area contributed by atoms with Crippen molar-refractivity contribution in [2.24, 2.45) is 0 Å². The summed E-state index contributed by atoms with van der Waals surface area (Å²) in [6.07, 6.45) is 3.44. The number of benzene rings is 1. The van der Waals surface area contributed by atoms with Gasteiger partial charge in [-0.05, 0) is 17.7 Å². The predicted octanol–water partition coefficient (Wildman–Crippen LogP) is 3.35. The molecule has 82 valence electrons. The van der Waals surface area contributed by atoms with Gasteiger partial charge in [0.2, 0.25) is 0 Å². The summed E-state index contributed by atoms with van der Waals surface area (Å²) in [7, 11) is 0. The van der Waals surface area contributed by atoms with E-state index in [9.17, 15) is 5.11 Å². The first-order valence-corrected chi connectivity index (χ1v) is 5.27. The Labute approximate surface area is 98.8 Å². The third-order valence-electron chi connectivity index (χ3n) is 2.05. The molecule has 1 aromatic rings. The summed E-state index contributed by atoms with van der Waals surface area (Å²) in [6, 6.07) is 2.90. The molecule has 0 amide bonds. The van der Waals surface area contributed by atoms with Crippen LogP contribution in [0.4, 0.5) is 0 Å². The molecule has 0 spiro atoms. The first-order chi connectivity index (χ1) is 7.06. The van der Waals surface area contributed by atoms with Crippen LogP contribution in [0.5, 0.6) is 5.75 Å². The number of aliphatic hydroxyl groups is 1. The van der Waals surface area contributed by atoms with Crippen molar-refractivity contribution in [2.45, 2.75) is 12.8 Å². The summed E-state index contributed by atoms with van der Waals surface area (Å²) < 4.78 is 0. The quantitative estimate of drug-likeness (QED) is 0.804. The van der Waals surface area contributed by atoms with E-state index in [-0.39, 0.29) is 18.3 Å². The lowest BCUT2D eigenvalue weighted by molar-refractivity contribution is 0.342. The van der Waals surface area contributed by atoms with Crippen molar-refractivity contribution in [1.82, 2.24) is 0 Å². The van der Waals surface area contributed by atoms with Gasteiger partial charge in [-0.3, -0.25) is 0 Å². The first kappa shape index (κ1) is 12.4. The Kier molecular flexibility index (Phi) is 4.45. The standard InChI is InChI=1S/C11H12Cl2O2/c1-7(3-2-4-14)11-9(12)5-8(15)6-10(11)13/h2-3,5-7,14-15H,4H2,1H3. The van der Waals surface area contributed by atoms with E-state index in [1.807, 2.05) is 13.0 Å². The summed E-state index contributed by atoms with van der Waals surface area (Å²) in [5, 5.41) is 18.8. The van der Waals surface area contributed by atoms with Crippen LogP contribution < -0.4 is 0 Å². The van der Waals surface area contributed by atoms with Crippen LogP contribution in [0.2, 0.25) is 10.0 Å². The average molecular weight is 247 g/mol. The van der Waals surface area contributed by atoms with Crippen molar-refractivity contribution in [2.75, 3.05) is 6.61 Å². The smallest absolute Gasteiger partial charge is 0.118 e. The number of aromatic hydroxyl groups is 1. The number of hydrogen-bond acceptors (Lipinski definition) is 2. The van der Waals surface area contributed by atoms with Gasteiger partial charge in [-0.1, -0.05) is 42.3 Å². The highest BCUT2D eigenvalue weighted by molar-refractivity contribution is 6.36. The summed E-state index contributed by atoms with van der Waals surface area (Å²) in [6.45, 7) is 1.90. The van der Waals surface area contributed by atoms with E-state index >= 15 is 0 Å². The van der Waals surface area contributed by atoms with Crippen molar-refractivity contribution in [3.63, 3.8) is 0 Å². The average Bonchev–Trinajstić information content (AvgIpc) is 2.12. The van der Waals surface area contributed by atoms with E-state index in [1.165, 1.54) is 12.1 Å². The summed E-state index contributed by atoms with van der Waals surface area (Å²) in [4.78, 5) is 0. The van der Waals surface area contributed by atoms with Gasteiger partial charge in [-0.15, -0.1) is 0 Å². The molecule has 2 nitrogen and oxygen atoms in total.